The van der Waals surface area contributed by atoms with Gasteiger partial charge in [0.2, 0.25) is 0 Å². The molecule has 0 amide bonds. The molecule has 0 saturated carbocycles. The maximum Gasteiger partial charge on any atom is 0.192 e. The zero-order valence-electron chi connectivity index (χ0n) is 14.2. The quantitative estimate of drug-likeness (QED) is 0.362. The maximum atomic E-state index is 6.13. The van der Waals surface area contributed by atoms with Gasteiger partial charge in [0.15, 0.2) is 8.32 Å². The van der Waals surface area contributed by atoms with Crippen molar-refractivity contribution in [3.63, 3.8) is 0 Å². The normalized spacial score (nSPS) is 12.3. The van der Waals surface area contributed by atoms with Crippen molar-refractivity contribution in [2.75, 3.05) is 39.8 Å². The predicted octanol–water partition coefficient (Wildman–Crippen LogP) is 3.69. The lowest BCUT2D eigenvalue weighted by atomic mass is 10.4. The van der Waals surface area contributed by atoms with Gasteiger partial charge in [-0.05, 0) is 45.3 Å². The van der Waals surface area contributed by atoms with Crippen LogP contribution in [0.1, 0.15) is 41.0 Å². The van der Waals surface area contributed by atoms with E-state index in [1.54, 1.807) is 0 Å². The molecule has 0 aromatic heterocycles. The summed E-state index contributed by atoms with van der Waals surface area (Å²) in [5.41, 5.74) is 0. The minimum absolute atomic E-state index is 0.665. The van der Waals surface area contributed by atoms with Crippen molar-refractivity contribution in [1.29, 1.82) is 0 Å². The van der Waals surface area contributed by atoms with Gasteiger partial charge in [-0.25, -0.2) is 0 Å². The van der Waals surface area contributed by atoms with E-state index in [2.05, 4.69) is 25.7 Å². The van der Waals surface area contributed by atoms with E-state index in [1.165, 1.54) is 24.6 Å². The summed E-state index contributed by atoms with van der Waals surface area (Å²) in [6.45, 7) is 15.5. The van der Waals surface area contributed by atoms with Crippen LogP contribution in [0.2, 0.25) is 18.1 Å². The van der Waals surface area contributed by atoms with Crippen LogP contribution in [-0.4, -0.2) is 53.0 Å². The van der Waals surface area contributed by atoms with Crippen LogP contribution in [0.25, 0.3) is 0 Å². The second-order valence-corrected chi connectivity index (χ2v) is 9.63. The lowest BCUT2D eigenvalue weighted by Gasteiger charge is -2.30. The van der Waals surface area contributed by atoms with Gasteiger partial charge in [0, 0.05) is 26.4 Å². The van der Waals surface area contributed by atoms with E-state index in [0.29, 0.717) is 13.5 Å². The van der Waals surface area contributed by atoms with E-state index in [1.807, 2.05) is 13.8 Å². The van der Waals surface area contributed by atoms with Crippen LogP contribution in [0.4, 0.5) is 0 Å². The van der Waals surface area contributed by atoms with Gasteiger partial charge >= 0.3 is 0 Å². The number of hydrogen-bond donors (Lipinski definition) is 0. The molecule has 4 nitrogen and oxygen atoms in total. The van der Waals surface area contributed by atoms with Gasteiger partial charge in [-0.15, -0.1) is 0 Å². The minimum Gasteiger partial charge on any atom is -0.417 e. The Kier molecular flexibility index (Phi) is 12.8. The van der Waals surface area contributed by atoms with E-state index >= 15 is 0 Å². The summed E-state index contributed by atoms with van der Waals surface area (Å²) in [5, 5.41) is 0. The number of hydrogen-bond acceptors (Lipinski definition) is 4. The summed E-state index contributed by atoms with van der Waals surface area (Å²) < 4.78 is 17.1. The highest BCUT2D eigenvalue weighted by Crippen LogP contribution is 2.23. The molecule has 122 valence electrons. The second-order valence-electron chi connectivity index (χ2n) is 5.06. The molecule has 5 heteroatoms. The summed E-state index contributed by atoms with van der Waals surface area (Å²) in [5.74, 6) is 0. The van der Waals surface area contributed by atoms with Crippen molar-refractivity contribution in [2.24, 2.45) is 0 Å². The van der Waals surface area contributed by atoms with Crippen LogP contribution >= 0.6 is 0 Å². The fourth-order valence-electron chi connectivity index (χ4n) is 2.42. The Morgan fingerprint density at radius 1 is 0.800 bits per heavy atom. The molecule has 0 heterocycles. The Hall–Kier alpha value is 0.0569. The Bertz CT molecular complexity index is 205. The van der Waals surface area contributed by atoms with Crippen molar-refractivity contribution in [3.05, 3.63) is 0 Å². The number of ether oxygens (including phenoxy) is 2. The molecular formula is C15H35NO3Si. The standard InChI is InChI=1S/C15H35NO3Si/c1-6-17-14-16(15-18-7-2)12-11-13-20(9-4,10-5)19-8-3/h6-15H2,1-5H3. The van der Waals surface area contributed by atoms with E-state index in [-0.39, 0.29) is 0 Å². The molecule has 0 atom stereocenters. The molecule has 0 spiro atoms. The first kappa shape index (κ1) is 20.1. The topological polar surface area (TPSA) is 30.9 Å². The van der Waals surface area contributed by atoms with Crippen LogP contribution < -0.4 is 0 Å². The van der Waals surface area contributed by atoms with Crippen molar-refractivity contribution < 1.29 is 13.9 Å². The van der Waals surface area contributed by atoms with Crippen LogP contribution in [-0.2, 0) is 13.9 Å². The zero-order chi connectivity index (χ0) is 15.3. The lowest BCUT2D eigenvalue weighted by molar-refractivity contribution is -0.0389. The van der Waals surface area contributed by atoms with E-state index in [4.69, 9.17) is 13.9 Å². The van der Waals surface area contributed by atoms with Crippen LogP contribution in [0.15, 0.2) is 0 Å². The van der Waals surface area contributed by atoms with Crippen LogP contribution in [0.5, 0.6) is 0 Å². The summed E-state index contributed by atoms with van der Waals surface area (Å²) in [6.07, 6.45) is 1.17. The third kappa shape index (κ3) is 8.37. The maximum absolute atomic E-state index is 6.13. The van der Waals surface area contributed by atoms with Gasteiger partial charge in [-0.3, -0.25) is 4.90 Å². The monoisotopic (exact) mass is 305 g/mol. The lowest BCUT2D eigenvalue weighted by Crippen LogP contribution is -2.38. The highest BCUT2D eigenvalue weighted by molar-refractivity contribution is 6.73. The first-order valence-corrected chi connectivity index (χ1v) is 10.7. The van der Waals surface area contributed by atoms with E-state index in [9.17, 15) is 0 Å². The molecule has 0 bridgehead atoms. The van der Waals surface area contributed by atoms with Crippen molar-refractivity contribution in [2.45, 2.75) is 59.2 Å². The molecular weight excluding hydrogens is 270 g/mol. The molecule has 0 N–H and O–H groups in total. The molecule has 0 rings (SSSR count). The van der Waals surface area contributed by atoms with Crippen molar-refractivity contribution in [3.8, 4) is 0 Å². The van der Waals surface area contributed by atoms with Gasteiger partial charge in [-0.1, -0.05) is 13.8 Å². The fourth-order valence-corrected chi connectivity index (χ4v) is 5.59. The van der Waals surface area contributed by atoms with Crippen molar-refractivity contribution >= 4 is 8.32 Å². The summed E-state index contributed by atoms with van der Waals surface area (Å²) in [7, 11) is -1.48. The first-order chi connectivity index (χ1) is 9.67. The predicted molar refractivity (Wildman–Crippen MR) is 87.5 cm³/mol. The third-order valence-electron chi connectivity index (χ3n) is 3.80. The average molecular weight is 306 g/mol. The van der Waals surface area contributed by atoms with Gasteiger partial charge < -0.3 is 13.9 Å². The molecule has 0 radical (unpaired) electrons. The summed E-state index contributed by atoms with van der Waals surface area (Å²) in [6, 6.07) is 3.67. The highest BCUT2D eigenvalue weighted by Gasteiger charge is 2.29. The van der Waals surface area contributed by atoms with Gasteiger partial charge in [0.1, 0.15) is 13.5 Å². The molecule has 0 aliphatic heterocycles. The number of rotatable bonds is 14. The fraction of sp³-hybridized carbons (Fsp3) is 1.00. The second kappa shape index (κ2) is 12.8. The molecule has 0 unspecified atom stereocenters. The molecule has 0 aliphatic carbocycles. The third-order valence-corrected chi connectivity index (χ3v) is 8.55. The largest absolute Gasteiger partial charge is 0.417 e. The SMILES string of the molecule is CCOCN(CCC[Si](CC)(CC)OCC)COCC. The van der Waals surface area contributed by atoms with Crippen LogP contribution in [0.3, 0.4) is 0 Å². The van der Waals surface area contributed by atoms with Gasteiger partial charge in [0.25, 0.3) is 0 Å². The van der Waals surface area contributed by atoms with Crippen molar-refractivity contribution in [1.82, 2.24) is 4.90 Å². The first-order valence-electron chi connectivity index (χ1n) is 8.19. The molecule has 0 aromatic rings. The Labute approximate surface area is 126 Å². The minimum atomic E-state index is -1.48. The smallest absolute Gasteiger partial charge is 0.192 e. The molecule has 20 heavy (non-hydrogen) atoms. The molecule has 0 saturated heterocycles. The molecule has 0 aliphatic rings. The zero-order valence-corrected chi connectivity index (χ0v) is 15.2. The van der Waals surface area contributed by atoms with E-state index < -0.39 is 8.32 Å². The Morgan fingerprint density at radius 2 is 1.35 bits per heavy atom. The Morgan fingerprint density at radius 3 is 1.75 bits per heavy atom. The van der Waals surface area contributed by atoms with E-state index in [0.717, 1.165) is 26.4 Å². The Balaban J connectivity index is 4.16. The summed E-state index contributed by atoms with van der Waals surface area (Å²) >= 11 is 0. The number of nitrogens with zero attached hydrogens (tertiary/aromatic N) is 1. The molecule has 0 fully saturated rings. The molecule has 0 aromatic carbocycles. The summed E-state index contributed by atoms with van der Waals surface area (Å²) in [4.78, 5) is 2.24. The highest BCUT2D eigenvalue weighted by atomic mass is 28.4. The van der Waals surface area contributed by atoms with Gasteiger partial charge in [0.05, 0.1) is 0 Å². The van der Waals surface area contributed by atoms with Crippen LogP contribution in [0, 0.1) is 0 Å². The average Bonchev–Trinajstić information content (AvgIpc) is 2.48. The van der Waals surface area contributed by atoms with Gasteiger partial charge in [-0.2, -0.15) is 0 Å².